The molecule has 2 heterocycles. The zero-order valence-corrected chi connectivity index (χ0v) is 16.6. The van der Waals surface area contributed by atoms with E-state index >= 15 is 0 Å². The molecule has 0 aliphatic carbocycles. The SMILES string of the molecule is CC(C)(C)OC(=O)N1CCCc2nc(/C=N/[S+]([O-])C(C)(C)C)ccc21. The molecular formula is C18H27N3O3S. The van der Waals surface area contributed by atoms with Crippen molar-refractivity contribution in [2.45, 2.75) is 64.7 Å². The zero-order valence-electron chi connectivity index (χ0n) is 15.8. The van der Waals surface area contributed by atoms with Gasteiger partial charge in [-0.2, -0.15) is 0 Å². The summed E-state index contributed by atoms with van der Waals surface area (Å²) < 4.78 is 21.2. The van der Waals surface area contributed by atoms with E-state index in [1.54, 1.807) is 11.0 Å². The standard InChI is InChI=1S/C18H27N3O3S/c1-17(2,3)24-16(22)21-11-7-8-14-15(21)10-9-13(20-14)12-19-25(23)18(4,5)6/h9-10,12H,7-8,11H2,1-6H3/b19-12+. The maximum atomic E-state index is 12.4. The highest BCUT2D eigenvalue weighted by Gasteiger charge is 2.28. The molecule has 0 N–H and O–H groups in total. The van der Waals surface area contributed by atoms with Gasteiger partial charge in [0.25, 0.3) is 0 Å². The Kier molecular flexibility index (Phi) is 5.79. The molecular weight excluding hydrogens is 338 g/mol. The maximum Gasteiger partial charge on any atom is 0.414 e. The number of aryl methyl sites for hydroxylation is 1. The number of anilines is 1. The molecule has 0 spiro atoms. The van der Waals surface area contributed by atoms with Crippen LogP contribution in [0, 0.1) is 0 Å². The van der Waals surface area contributed by atoms with Crippen molar-refractivity contribution in [1.82, 2.24) is 4.98 Å². The molecule has 6 nitrogen and oxygen atoms in total. The normalized spacial score (nSPS) is 16.7. The van der Waals surface area contributed by atoms with Crippen LogP contribution < -0.4 is 4.90 Å². The number of carbonyl (C=O) groups excluding carboxylic acids is 1. The van der Waals surface area contributed by atoms with Crippen molar-refractivity contribution in [3.05, 3.63) is 23.5 Å². The van der Waals surface area contributed by atoms with Crippen LogP contribution in [0.25, 0.3) is 0 Å². The third-order valence-corrected chi connectivity index (χ3v) is 4.82. The number of ether oxygens (including phenoxy) is 1. The fraction of sp³-hybridized carbons (Fsp3) is 0.611. The average molecular weight is 365 g/mol. The van der Waals surface area contributed by atoms with Crippen molar-refractivity contribution in [2.24, 2.45) is 4.40 Å². The fourth-order valence-corrected chi connectivity index (χ4v) is 2.82. The molecule has 25 heavy (non-hydrogen) atoms. The number of hydrogen-bond donors (Lipinski definition) is 0. The quantitative estimate of drug-likeness (QED) is 0.592. The van der Waals surface area contributed by atoms with Gasteiger partial charge in [0.1, 0.15) is 27.9 Å². The Morgan fingerprint density at radius 1 is 1.32 bits per heavy atom. The van der Waals surface area contributed by atoms with Gasteiger partial charge in [-0.1, -0.05) is 4.40 Å². The lowest BCUT2D eigenvalue weighted by molar-refractivity contribution is 0.0577. The summed E-state index contributed by atoms with van der Waals surface area (Å²) in [6, 6.07) is 3.64. The highest BCUT2D eigenvalue weighted by molar-refractivity contribution is 7.91. The van der Waals surface area contributed by atoms with Crippen LogP contribution in [0.4, 0.5) is 10.5 Å². The minimum Gasteiger partial charge on any atom is -0.591 e. The Hall–Kier alpha value is -1.60. The Balaban J connectivity index is 2.20. The molecule has 1 aromatic rings. The van der Waals surface area contributed by atoms with Crippen molar-refractivity contribution < 1.29 is 14.1 Å². The van der Waals surface area contributed by atoms with Crippen molar-refractivity contribution in [3.63, 3.8) is 0 Å². The van der Waals surface area contributed by atoms with E-state index in [4.69, 9.17) is 4.74 Å². The number of aromatic nitrogens is 1. The summed E-state index contributed by atoms with van der Waals surface area (Å²) in [5.41, 5.74) is 1.71. The smallest absolute Gasteiger partial charge is 0.414 e. The molecule has 0 saturated heterocycles. The average Bonchev–Trinajstić information content (AvgIpc) is 2.49. The molecule has 0 fully saturated rings. The summed E-state index contributed by atoms with van der Waals surface area (Å²) >= 11 is -1.32. The van der Waals surface area contributed by atoms with E-state index in [9.17, 15) is 9.35 Å². The molecule has 0 aromatic carbocycles. The van der Waals surface area contributed by atoms with E-state index in [-0.39, 0.29) is 6.09 Å². The predicted molar refractivity (Wildman–Crippen MR) is 102 cm³/mol. The Morgan fingerprint density at radius 3 is 2.60 bits per heavy atom. The third kappa shape index (κ3) is 5.44. The molecule has 1 aromatic heterocycles. The van der Waals surface area contributed by atoms with Crippen LogP contribution in [0.5, 0.6) is 0 Å². The number of carbonyl (C=O) groups is 1. The van der Waals surface area contributed by atoms with Gasteiger partial charge in [0.05, 0.1) is 17.1 Å². The second kappa shape index (κ2) is 7.33. The van der Waals surface area contributed by atoms with Gasteiger partial charge in [-0.25, -0.2) is 9.78 Å². The van der Waals surface area contributed by atoms with Gasteiger partial charge >= 0.3 is 6.09 Å². The zero-order chi connectivity index (χ0) is 18.8. The number of nitrogens with zero attached hydrogens (tertiary/aromatic N) is 3. The minimum absolute atomic E-state index is 0.356. The van der Waals surface area contributed by atoms with Crippen molar-refractivity contribution >= 4 is 29.4 Å². The first-order chi connectivity index (χ1) is 11.5. The number of amides is 1. The molecule has 1 aliphatic rings. The highest BCUT2D eigenvalue weighted by Crippen LogP contribution is 2.27. The van der Waals surface area contributed by atoms with Crippen molar-refractivity contribution in [2.75, 3.05) is 11.4 Å². The largest absolute Gasteiger partial charge is 0.591 e. The molecule has 0 bridgehead atoms. The third-order valence-electron chi connectivity index (χ3n) is 3.48. The van der Waals surface area contributed by atoms with Crippen LogP contribution in [-0.2, 0) is 22.5 Å². The number of hydrogen-bond acceptors (Lipinski definition) is 5. The lowest BCUT2D eigenvalue weighted by Gasteiger charge is -2.31. The Labute approximate surface area is 153 Å². The Bertz CT molecular complexity index is 663. The van der Waals surface area contributed by atoms with Gasteiger partial charge in [-0.3, -0.25) is 4.90 Å². The minimum atomic E-state index is -1.32. The van der Waals surface area contributed by atoms with Crippen LogP contribution >= 0.6 is 0 Å². The molecule has 7 heteroatoms. The second-order valence-corrected chi connectivity index (χ2v) is 9.97. The lowest BCUT2D eigenvalue weighted by Crippen LogP contribution is -2.40. The number of pyridine rings is 1. The van der Waals surface area contributed by atoms with E-state index in [0.29, 0.717) is 12.2 Å². The molecule has 1 atom stereocenters. The van der Waals surface area contributed by atoms with Gasteiger partial charge in [-0.15, -0.1) is 0 Å². The van der Waals surface area contributed by atoms with E-state index in [2.05, 4.69) is 9.38 Å². The first kappa shape index (κ1) is 19.7. The fourth-order valence-electron chi connectivity index (χ4n) is 2.30. The monoisotopic (exact) mass is 365 g/mol. The van der Waals surface area contributed by atoms with Gasteiger partial charge in [0, 0.05) is 6.54 Å². The predicted octanol–water partition coefficient (Wildman–Crippen LogP) is 3.65. The summed E-state index contributed by atoms with van der Waals surface area (Å²) in [6.45, 7) is 11.8. The van der Waals surface area contributed by atoms with Gasteiger partial charge in [0.2, 0.25) is 0 Å². The molecule has 1 aliphatic heterocycles. The molecule has 138 valence electrons. The number of fused-ring (bicyclic) bond motifs is 1. The number of rotatable bonds is 2. The topological polar surface area (TPSA) is 77.8 Å². The van der Waals surface area contributed by atoms with Gasteiger partial charge in [0.15, 0.2) is 0 Å². The van der Waals surface area contributed by atoms with Crippen LogP contribution in [0.2, 0.25) is 0 Å². The summed E-state index contributed by atoms with van der Waals surface area (Å²) in [5, 5.41) is 0. The summed E-state index contributed by atoms with van der Waals surface area (Å²) in [7, 11) is 0. The molecule has 1 amide bonds. The maximum absolute atomic E-state index is 12.4. The van der Waals surface area contributed by atoms with Gasteiger partial charge < -0.3 is 9.29 Å². The highest BCUT2D eigenvalue weighted by atomic mass is 32.2. The summed E-state index contributed by atoms with van der Waals surface area (Å²) in [4.78, 5) is 18.6. The van der Waals surface area contributed by atoms with E-state index in [1.165, 1.54) is 6.21 Å². The van der Waals surface area contributed by atoms with Crippen LogP contribution in [0.3, 0.4) is 0 Å². The lowest BCUT2D eigenvalue weighted by atomic mass is 10.1. The van der Waals surface area contributed by atoms with Gasteiger partial charge in [-0.05, 0) is 66.5 Å². The first-order valence-electron chi connectivity index (χ1n) is 8.44. The summed E-state index contributed by atoms with van der Waals surface area (Å²) in [5.74, 6) is 0. The van der Waals surface area contributed by atoms with Crippen molar-refractivity contribution in [3.8, 4) is 0 Å². The Morgan fingerprint density at radius 2 is 2.00 bits per heavy atom. The first-order valence-corrected chi connectivity index (χ1v) is 9.54. The molecule has 1 unspecified atom stereocenters. The van der Waals surface area contributed by atoms with Crippen LogP contribution in [-0.4, -0.2) is 38.7 Å². The summed E-state index contributed by atoms with van der Waals surface area (Å²) in [6.07, 6.45) is 2.80. The molecule has 0 saturated carbocycles. The van der Waals surface area contributed by atoms with Crippen LogP contribution in [0.1, 0.15) is 59.4 Å². The second-order valence-electron chi connectivity index (χ2n) is 8.03. The van der Waals surface area contributed by atoms with E-state index in [1.807, 2.05) is 47.6 Å². The van der Waals surface area contributed by atoms with Crippen LogP contribution in [0.15, 0.2) is 16.5 Å². The molecule has 0 radical (unpaired) electrons. The van der Waals surface area contributed by atoms with E-state index < -0.39 is 21.7 Å². The van der Waals surface area contributed by atoms with Crippen molar-refractivity contribution in [1.29, 1.82) is 0 Å². The molecule has 2 rings (SSSR count). The van der Waals surface area contributed by atoms with E-state index in [0.717, 1.165) is 24.2 Å².